The maximum absolute atomic E-state index is 13.1. The molecule has 0 amide bonds. The summed E-state index contributed by atoms with van der Waals surface area (Å²) in [5.74, 6) is 1.17. The highest BCUT2D eigenvalue weighted by atomic mass is 17.2. The summed E-state index contributed by atoms with van der Waals surface area (Å²) >= 11 is 0. The summed E-state index contributed by atoms with van der Waals surface area (Å²) in [5, 5.41) is 0. The van der Waals surface area contributed by atoms with Crippen LogP contribution in [0.1, 0.15) is 81.5 Å². The van der Waals surface area contributed by atoms with Crippen LogP contribution in [0.15, 0.2) is 42.5 Å². The monoisotopic (exact) mass is 454 g/mol. The van der Waals surface area contributed by atoms with Gasteiger partial charge in [-0.2, -0.15) is 0 Å². The molecule has 0 radical (unpaired) electrons. The number of carbonyl (C=O) groups is 1. The van der Waals surface area contributed by atoms with Crippen molar-refractivity contribution in [1.29, 1.82) is 0 Å². The van der Waals surface area contributed by atoms with E-state index < -0.39 is 0 Å². The number of ketones is 1. The van der Waals surface area contributed by atoms with Gasteiger partial charge in [-0.3, -0.25) is 14.6 Å². The van der Waals surface area contributed by atoms with Crippen molar-refractivity contribution in [3.05, 3.63) is 48.0 Å². The number of unbranched alkanes of at least 4 members (excludes halogenated alkanes) is 8. The standard InChI is InChI=1S/C28H42N2O3/c1-6-7-8-9-10-11-12-13-14-21-26(31)23-18-17-20-25(30(4)5)28(23)33-32-27-22-16-15-19-24(27)29(2)3/h15-20,22H,6-14,21H2,1-5H3. The van der Waals surface area contributed by atoms with Crippen LogP contribution in [0.2, 0.25) is 0 Å². The van der Waals surface area contributed by atoms with Gasteiger partial charge < -0.3 is 9.80 Å². The lowest BCUT2D eigenvalue weighted by atomic mass is 10.0. The van der Waals surface area contributed by atoms with Crippen molar-refractivity contribution in [2.75, 3.05) is 38.0 Å². The van der Waals surface area contributed by atoms with Gasteiger partial charge in [-0.25, -0.2) is 0 Å². The van der Waals surface area contributed by atoms with E-state index in [1.807, 2.05) is 80.5 Å². The first-order valence-electron chi connectivity index (χ1n) is 12.4. The molecule has 0 bridgehead atoms. The summed E-state index contributed by atoms with van der Waals surface area (Å²) in [6.07, 6.45) is 11.6. The lowest BCUT2D eigenvalue weighted by molar-refractivity contribution is -0.0992. The molecule has 0 spiro atoms. The molecule has 0 saturated heterocycles. The Balaban J connectivity index is 1.98. The van der Waals surface area contributed by atoms with Crippen LogP contribution in [0.25, 0.3) is 0 Å². The van der Waals surface area contributed by atoms with Crippen LogP contribution in [0.3, 0.4) is 0 Å². The topological polar surface area (TPSA) is 42.0 Å². The van der Waals surface area contributed by atoms with Crippen molar-refractivity contribution < 1.29 is 14.6 Å². The van der Waals surface area contributed by atoms with Crippen LogP contribution < -0.4 is 19.6 Å². The van der Waals surface area contributed by atoms with Gasteiger partial charge >= 0.3 is 0 Å². The molecule has 0 aromatic heterocycles. The molecule has 2 aromatic carbocycles. The van der Waals surface area contributed by atoms with Gasteiger partial charge in [0.2, 0.25) is 11.5 Å². The highest BCUT2D eigenvalue weighted by Crippen LogP contribution is 2.34. The zero-order valence-corrected chi connectivity index (χ0v) is 21.2. The molecule has 0 aliphatic heterocycles. The Morgan fingerprint density at radius 1 is 0.697 bits per heavy atom. The quantitative estimate of drug-likeness (QED) is 0.115. The highest BCUT2D eigenvalue weighted by Gasteiger charge is 2.20. The van der Waals surface area contributed by atoms with E-state index in [0.717, 1.165) is 24.2 Å². The Bertz CT molecular complexity index is 849. The minimum absolute atomic E-state index is 0.0983. The molecule has 0 fully saturated rings. The van der Waals surface area contributed by atoms with Gasteiger partial charge in [0.25, 0.3) is 0 Å². The minimum Gasteiger partial charge on any atom is -0.375 e. The summed E-state index contributed by atoms with van der Waals surface area (Å²) in [6, 6.07) is 13.4. The van der Waals surface area contributed by atoms with Crippen LogP contribution in [0, 0.1) is 0 Å². The normalized spacial score (nSPS) is 10.7. The number of carbonyl (C=O) groups excluding carboxylic acids is 1. The smallest absolute Gasteiger partial charge is 0.212 e. The number of benzene rings is 2. The molecule has 33 heavy (non-hydrogen) atoms. The van der Waals surface area contributed by atoms with Gasteiger partial charge in [0.15, 0.2) is 5.78 Å². The second kappa shape index (κ2) is 14.5. The molecular weight excluding hydrogens is 412 g/mol. The number of rotatable bonds is 16. The second-order valence-electron chi connectivity index (χ2n) is 9.08. The van der Waals surface area contributed by atoms with Crippen LogP contribution in [0.5, 0.6) is 11.5 Å². The maximum Gasteiger partial charge on any atom is 0.212 e. The van der Waals surface area contributed by atoms with E-state index in [0.29, 0.717) is 23.5 Å². The van der Waals surface area contributed by atoms with Gasteiger partial charge in [-0.1, -0.05) is 76.5 Å². The Morgan fingerprint density at radius 2 is 1.27 bits per heavy atom. The van der Waals surface area contributed by atoms with Gasteiger partial charge in [0, 0.05) is 34.6 Å². The molecule has 2 aromatic rings. The van der Waals surface area contributed by atoms with Gasteiger partial charge in [0.05, 0.1) is 16.9 Å². The molecular formula is C28H42N2O3. The zero-order valence-electron chi connectivity index (χ0n) is 21.2. The van der Waals surface area contributed by atoms with Gasteiger partial charge in [-0.05, 0) is 30.7 Å². The molecule has 0 saturated carbocycles. The number of Topliss-reactive ketones (excluding diaryl/α,β-unsaturated/α-hetero) is 1. The number of anilines is 2. The van der Waals surface area contributed by atoms with Crippen molar-refractivity contribution in [3.63, 3.8) is 0 Å². The number of hydrogen-bond acceptors (Lipinski definition) is 5. The van der Waals surface area contributed by atoms with Crippen LogP contribution in [-0.4, -0.2) is 34.0 Å². The summed E-state index contributed by atoms with van der Waals surface area (Å²) < 4.78 is 0. The van der Waals surface area contributed by atoms with E-state index in [9.17, 15) is 4.79 Å². The molecule has 0 heterocycles. The van der Waals surface area contributed by atoms with Gasteiger partial charge in [-0.15, -0.1) is 0 Å². The minimum atomic E-state index is 0.0983. The van der Waals surface area contributed by atoms with Crippen LogP contribution in [0.4, 0.5) is 11.4 Å². The predicted octanol–water partition coefficient (Wildman–Crippen LogP) is 7.30. The molecule has 2 rings (SSSR count). The molecule has 0 unspecified atom stereocenters. The average molecular weight is 455 g/mol. The Labute approximate surface area is 200 Å². The third-order valence-electron chi connectivity index (χ3n) is 5.85. The maximum atomic E-state index is 13.1. The average Bonchev–Trinajstić information content (AvgIpc) is 2.81. The van der Waals surface area contributed by atoms with Gasteiger partial charge in [0.1, 0.15) is 0 Å². The largest absolute Gasteiger partial charge is 0.375 e. The predicted molar refractivity (Wildman–Crippen MR) is 139 cm³/mol. The fourth-order valence-electron chi connectivity index (χ4n) is 3.90. The Kier molecular flexibility index (Phi) is 11.6. The Morgan fingerprint density at radius 3 is 1.91 bits per heavy atom. The fourth-order valence-corrected chi connectivity index (χ4v) is 3.90. The molecule has 0 atom stereocenters. The van der Waals surface area contributed by atoms with Crippen LogP contribution >= 0.6 is 0 Å². The van der Waals surface area contributed by atoms with E-state index in [-0.39, 0.29) is 5.78 Å². The molecule has 0 N–H and O–H groups in total. The van der Waals surface area contributed by atoms with E-state index in [1.54, 1.807) is 0 Å². The third-order valence-corrected chi connectivity index (χ3v) is 5.85. The number of nitrogens with zero attached hydrogens (tertiary/aromatic N) is 2. The first-order chi connectivity index (χ1) is 16.0. The summed E-state index contributed by atoms with van der Waals surface area (Å²) in [6.45, 7) is 2.25. The second-order valence-corrected chi connectivity index (χ2v) is 9.08. The first-order valence-corrected chi connectivity index (χ1v) is 12.4. The van der Waals surface area contributed by atoms with E-state index in [1.165, 1.54) is 44.9 Å². The zero-order chi connectivity index (χ0) is 24.1. The van der Waals surface area contributed by atoms with Crippen molar-refractivity contribution in [2.45, 2.75) is 71.1 Å². The van der Waals surface area contributed by atoms with E-state index in [4.69, 9.17) is 9.78 Å². The lowest BCUT2D eigenvalue weighted by Crippen LogP contribution is -2.16. The van der Waals surface area contributed by atoms with Crippen molar-refractivity contribution in [3.8, 4) is 11.5 Å². The molecule has 5 nitrogen and oxygen atoms in total. The van der Waals surface area contributed by atoms with E-state index in [2.05, 4.69) is 6.92 Å². The molecule has 0 aliphatic rings. The summed E-state index contributed by atoms with van der Waals surface area (Å²) in [4.78, 5) is 28.5. The number of hydrogen-bond donors (Lipinski definition) is 0. The number of para-hydroxylation sites is 3. The van der Waals surface area contributed by atoms with Crippen molar-refractivity contribution in [1.82, 2.24) is 0 Å². The highest BCUT2D eigenvalue weighted by molar-refractivity contribution is 6.00. The molecule has 5 heteroatoms. The molecule has 182 valence electrons. The first kappa shape index (κ1) is 26.6. The fraction of sp³-hybridized carbons (Fsp3) is 0.536. The summed E-state index contributed by atoms with van der Waals surface area (Å²) in [5.41, 5.74) is 2.29. The molecule has 0 aliphatic carbocycles. The Hall–Kier alpha value is -2.69. The van der Waals surface area contributed by atoms with Crippen LogP contribution in [-0.2, 0) is 0 Å². The van der Waals surface area contributed by atoms with E-state index >= 15 is 0 Å². The van der Waals surface area contributed by atoms with Crippen molar-refractivity contribution in [2.24, 2.45) is 0 Å². The lowest BCUT2D eigenvalue weighted by Gasteiger charge is -2.21. The van der Waals surface area contributed by atoms with Crippen molar-refractivity contribution >= 4 is 17.2 Å². The SMILES string of the molecule is CCCCCCCCCCCC(=O)c1cccc(N(C)C)c1OOc1ccccc1N(C)C. The summed E-state index contributed by atoms with van der Waals surface area (Å²) in [7, 11) is 7.78. The third kappa shape index (κ3) is 8.64.